The third-order valence-electron chi connectivity index (χ3n) is 4.46. The molecule has 0 saturated carbocycles. The first-order chi connectivity index (χ1) is 11.3. The first-order valence-corrected chi connectivity index (χ1v) is 9.18. The Bertz CT molecular complexity index is 716. The van der Waals surface area contributed by atoms with Crippen molar-refractivity contribution >= 4 is 10.1 Å². The zero-order chi connectivity index (χ0) is 17.4. The van der Waals surface area contributed by atoms with Crippen molar-refractivity contribution in [1.29, 1.82) is 0 Å². The van der Waals surface area contributed by atoms with Crippen molar-refractivity contribution in [2.45, 2.75) is 49.8 Å². The molecular weight excluding hydrogens is 343 g/mol. The van der Waals surface area contributed by atoms with E-state index in [1.165, 1.54) is 6.08 Å². The molecular formula is C16H18F3NO3S. The molecule has 2 aliphatic rings. The van der Waals surface area contributed by atoms with Gasteiger partial charge in [-0.25, -0.2) is 0 Å². The highest BCUT2D eigenvalue weighted by Gasteiger charge is 2.49. The fourth-order valence-electron chi connectivity index (χ4n) is 3.37. The minimum Gasteiger partial charge on any atom is -0.381 e. The van der Waals surface area contributed by atoms with Crippen LogP contribution in [0, 0.1) is 0 Å². The van der Waals surface area contributed by atoms with Gasteiger partial charge in [-0.3, -0.25) is 4.90 Å². The van der Waals surface area contributed by atoms with Crippen LogP contribution in [0.25, 0.3) is 0 Å². The van der Waals surface area contributed by atoms with Crippen LogP contribution in [-0.4, -0.2) is 30.9 Å². The minimum absolute atomic E-state index is 0.00705. The number of rotatable bonds is 4. The molecule has 2 atom stereocenters. The number of hydrogen-bond acceptors (Lipinski definition) is 4. The lowest BCUT2D eigenvalue weighted by molar-refractivity contribution is -0.0530. The van der Waals surface area contributed by atoms with Crippen molar-refractivity contribution in [3.05, 3.63) is 47.7 Å². The van der Waals surface area contributed by atoms with Gasteiger partial charge < -0.3 is 4.18 Å². The van der Waals surface area contributed by atoms with Crippen molar-refractivity contribution in [1.82, 2.24) is 4.90 Å². The molecule has 132 valence electrons. The summed E-state index contributed by atoms with van der Waals surface area (Å²) in [6.45, 7) is 0.686. The average molecular weight is 361 g/mol. The van der Waals surface area contributed by atoms with Gasteiger partial charge in [0, 0.05) is 25.0 Å². The molecule has 0 aliphatic carbocycles. The smallest absolute Gasteiger partial charge is 0.381 e. The van der Waals surface area contributed by atoms with Gasteiger partial charge in [-0.05, 0) is 24.5 Å². The molecule has 2 aliphatic heterocycles. The Morgan fingerprint density at radius 2 is 1.88 bits per heavy atom. The van der Waals surface area contributed by atoms with Gasteiger partial charge in [0.25, 0.3) is 0 Å². The second kappa shape index (κ2) is 6.40. The van der Waals surface area contributed by atoms with E-state index in [0.717, 1.165) is 24.8 Å². The summed E-state index contributed by atoms with van der Waals surface area (Å²) in [6.07, 6.45) is 4.27. The predicted molar refractivity (Wildman–Crippen MR) is 82.2 cm³/mol. The number of benzene rings is 1. The number of nitrogens with zero attached hydrogens (tertiary/aromatic N) is 1. The van der Waals surface area contributed by atoms with Gasteiger partial charge in [0.15, 0.2) is 0 Å². The van der Waals surface area contributed by atoms with Gasteiger partial charge in [0.2, 0.25) is 0 Å². The van der Waals surface area contributed by atoms with E-state index in [1.54, 1.807) is 0 Å². The van der Waals surface area contributed by atoms with Gasteiger partial charge in [-0.1, -0.05) is 36.8 Å². The van der Waals surface area contributed by atoms with Crippen molar-refractivity contribution in [2.24, 2.45) is 0 Å². The Morgan fingerprint density at radius 3 is 2.50 bits per heavy atom. The van der Waals surface area contributed by atoms with Crippen molar-refractivity contribution < 1.29 is 25.8 Å². The van der Waals surface area contributed by atoms with Crippen LogP contribution < -0.4 is 0 Å². The highest BCUT2D eigenvalue weighted by Crippen LogP contribution is 2.37. The van der Waals surface area contributed by atoms with Crippen LogP contribution >= 0.6 is 0 Å². The molecule has 0 N–H and O–H groups in total. The summed E-state index contributed by atoms with van der Waals surface area (Å²) in [5, 5.41) is 0. The quantitative estimate of drug-likeness (QED) is 0.608. The van der Waals surface area contributed by atoms with E-state index in [1.807, 2.05) is 30.3 Å². The van der Waals surface area contributed by atoms with Crippen LogP contribution in [0.2, 0.25) is 0 Å². The fourth-order valence-corrected chi connectivity index (χ4v) is 3.87. The molecule has 1 fully saturated rings. The molecule has 0 amide bonds. The normalized spacial score (nSPS) is 25.2. The van der Waals surface area contributed by atoms with Crippen LogP contribution in [0.15, 0.2) is 42.2 Å². The lowest BCUT2D eigenvalue weighted by Gasteiger charge is -2.44. The molecule has 2 heterocycles. The molecule has 2 unspecified atom stereocenters. The molecule has 0 radical (unpaired) electrons. The lowest BCUT2D eigenvalue weighted by atomic mass is 9.87. The first-order valence-electron chi connectivity index (χ1n) is 7.77. The Hall–Kier alpha value is -1.54. The Kier molecular flexibility index (Phi) is 4.61. The predicted octanol–water partition coefficient (Wildman–Crippen LogP) is 3.56. The molecule has 0 aromatic heterocycles. The van der Waals surface area contributed by atoms with Crippen molar-refractivity contribution in [3.63, 3.8) is 0 Å². The van der Waals surface area contributed by atoms with Crippen LogP contribution in [0.4, 0.5) is 13.2 Å². The van der Waals surface area contributed by atoms with Gasteiger partial charge in [0.1, 0.15) is 5.76 Å². The van der Waals surface area contributed by atoms with E-state index in [-0.39, 0.29) is 24.3 Å². The molecule has 1 aromatic rings. The molecule has 1 saturated heterocycles. The number of piperidine rings is 1. The topological polar surface area (TPSA) is 46.6 Å². The number of alkyl halides is 3. The maximum Gasteiger partial charge on any atom is 0.534 e. The molecule has 4 nitrogen and oxygen atoms in total. The summed E-state index contributed by atoms with van der Waals surface area (Å²) < 4.78 is 64.3. The second-order valence-electron chi connectivity index (χ2n) is 6.13. The number of hydrogen-bond donors (Lipinski definition) is 0. The molecule has 0 spiro atoms. The maximum absolute atomic E-state index is 12.5. The van der Waals surface area contributed by atoms with Crippen molar-refractivity contribution in [2.75, 3.05) is 0 Å². The largest absolute Gasteiger partial charge is 0.534 e. The third-order valence-corrected chi connectivity index (χ3v) is 5.46. The average Bonchev–Trinajstić information content (AvgIpc) is 2.47. The summed E-state index contributed by atoms with van der Waals surface area (Å²) >= 11 is 0. The highest BCUT2D eigenvalue weighted by molar-refractivity contribution is 7.87. The van der Waals surface area contributed by atoms with Crippen LogP contribution in [0.3, 0.4) is 0 Å². The maximum atomic E-state index is 12.5. The van der Waals surface area contributed by atoms with E-state index >= 15 is 0 Å². The molecule has 1 aromatic carbocycles. The lowest BCUT2D eigenvalue weighted by Crippen LogP contribution is -2.48. The van der Waals surface area contributed by atoms with E-state index in [2.05, 4.69) is 9.08 Å². The van der Waals surface area contributed by atoms with E-state index in [4.69, 9.17) is 0 Å². The van der Waals surface area contributed by atoms with E-state index in [9.17, 15) is 21.6 Å². The fraction of sp³-hybridized carbons (Fsp3) is 0.500. The molecule has 24 heavy (non-hydrogen) atoms. The molecule has 8 heteroatoms. The number of halogens is 3. The van der Waals surface area contributed by atoms with E-state index < -0.39 is 15.6 Å². The van der Waals surface area contributed by atoms with Gasteiger partial charge in [0.05, 0.1) is 0 Å². The molecule has 3 rings (SSSR count). The summed E-state index contributed by atoms with van der Waals surface area (Å²) in [7, 11) is -5.59. The summed E-state index contributed by atoms with van der Waals surface area (Å²) in [5.74, 6) is -0.0914. The zero-order valence-electron chi connectivity index (χ0n) is 12.9. The van der Waals surface area contributed by atoms with Gasteiger partial charge in [-0.15, -0.1) is 0 Å². The van der Waals surface area contributed by atoms with Crippen LogP contribution in [-0.2, 0) is 20.8 Å². The highest BCUT2D eigenvalue weighted by atomic mass is 32.2. The Morgan fingerprint density at radius 1 is 1.17 bits per heavy atom. The van der Waals surface area contributed by atoms with Gasteiger partial charge >= 0.3 is 15.6 Å². The van der Waals surface area contributed by atoms with Gasteiger partial charge in [-0.2, -0.15) is 21.6 Å². The first kappa shape index (κ1) is 17.3. The molecule has 2 bridgehead atoms. The zero-order valence-corrected chi connectivity index (χ0v) is 13.7. The summed E-state index contributed by atoms with van der Waals surface area (Å²) in [6, 6.07) is 9.70. The summed E-state index contributed by atoms with van der Waals surface area (Å²) in [5.41, 5.74) is -4.28. The Labute approximate surface area is 139 Å². The van der Waals surface area contributed by atoms with Crippen LogP contribution in [0.1, 0.15) is 31.2 Å². The van der Waals surface area contributed by atoms with E-state index in [0.29, 0.717) is 6.54 Å². The monoisotopic (exact) mass is 361 g/mol. The van der Waals surface area contributed by atoms with Crippen molar-refractivity contribution in [3.8, 4) is 0 Å². The standard InChI is InChI=1S/C16H18F3NO3S/c17-16(18,19)24(21,22)23-15-9-13-7-4-8-14(10-15)20(13)11-12-5-2-1-3-6-12/h1-3,5-6,9,13-14H,4,7-8,10-11H2. The second-order valence-corrected chi connectivity index (χ2v) is 7.67. The Balaban J connectivity index is 1.78. The summed E-state index contributed by atoms with van der Waals surface area (Å²) in [4.78, 5) is 2.21. The SMILES string of the molecule is O=S(=O)(OC1=CC2CCCC(C1)N2Cc1ccccc1)C(F)(F)F. The number of fused-ring (bicyclic) bond motifs is 2. The van der Waals surface area contributed by atoms with Crippen LogP contribution in [0.5, 0.6) is 0 Å². The minimum atomic E-state index is -5.59. The third kappa shape index (κ3) is 3.59.